The summed E-state index contributed by atoms with van der Waals surface area (Å²) in [6, 6.07) is 14.8. The normalized spacial score (nSPS) is 38.2. The van der Waals surface area contributed by atoms with Crippen LogP contribution in [0, 0.1) is 17.8 Å². The molecule has 28 heavy (non-hydrogen) atoms. The summed E-state index contributed by atoms with van der Waals surface area (Å²) in [6.45, 7) is 4.03. The van der Waals surface area contributed by atoms with Crippen LogP contribution in [0.25, 0.3) is 10.8 Å². The van der Waals surface area contributed by atoms with Crippen molar-refractivity contribution in [2.75, 3.05) is 5.01 Å². The van der Waals surface area contributed by atoms with Crippen molar-refractivity contribution in [2.45, 2.75) is 63.2 Å². The van der Waals surface area contributed by atoms with Gasteiger partial charge in [-0.2, -0.15) is 0 Å². The number of alkyl halides is 1. The van der Waals surface area contributed by atoms with Crippen molar-refractivity contribution in [3.8, 4) is 0 Å². The van der Waals surface area contributed by atoms with Gasteiger partial charge in [0.05, 0.1) is 11.7 Å². The molecule has 4 aliphatic carbocycles. The SMILES string of the molecule is CC1(C)C(=O)N(C2[C@H]3CC4C[C@H]2CC(F)(C4)C3)N1c1cccc2ccccc12. The third-order valence-corrected chi connectivity index (χ3v) is 7.90. The zero-order valence-corrected chi connectivity index (χ0v) is 16.6. The summed E-state index contributed by atoms with van der Waals surface area (Å²) in [4.78, 5) is 13.3. The quantitative estimate of drug-likeness (QED) is 0.726. The van der Waals surface area contributed by atoms with Gasteiger partial charge >= 0.3 is 0 Å². The van der Waals surface area contributed by atoms with E-state index in [4.69, 9.17) is 0 Å². The summed E-state index contributed by atoms with van der Waals surface area (Å²) in [5, 5.41) is 6.59. The lowest BCUT2D eigenvalue weighted by molar-refractivity contribution is -0.179. The smallest absolute Gasteiger partial charge is 0.268 e. The fourth-order valence-electron chi connectivity index (χ4n) is 7.06. The fourth-order valence-corrected chi connectivity index (χ4v) is 7.06. The molecule has 1 aliphatic heterocycles. The second kappa shape index (κ2) is 5.28. The van der Waals surface area contributed by atoms with E-state index in [1.807, 2.05) is 18.9 Å². The highest BCUT2D eigenvalue weighted by atomic mass is 19.1. The maximum Gasteiger partial charge on any atom is 0.268 e. The van der Waals surface area contributed by atoms with Gasteiger partial charge in [-0.05, 0) is 75.2 Å². The number of hydrogen-bond donors (Lipinski definition) is 0. The van der Waals surface area contributed by atoms with Gasteiger partial charge in [-0.1, -0.05) is 36.4 Å². The van der Waals surface area contributed by atoms with Crippen LogP contribution in [0.2, 0.25) is 0 Å². The molecular weight excluding hydrogens is 351 g/mol. The third-order valence-electron chi connectivity index (χ3n) is 7.90. The van der Waals surface area contributed by atoms with Crippen LogP contribution in [0.3, 0.4) is 0 Å². The van der Waals surface area contributed by atoms with Crippen LogP contribution in [0.5, 0.6) is 0 Å². The third kappa shape index (κ3) is 2.07. The lowest BCUT2D eigenvalue weighted by atomic mass is 9.52. The zero-order valence-electron chi connectivity index (χ0n) is 16.6. The van der Waals surface area contributed by atoms with Gasteiger partial charge in [0, 0.05) is 5.39 Å². The molecule has 7 rings (SSSR count). The lowest BCUT2D eigenvalue weighted by Crippen LogP contribution is -2.80. The average Bonchev–Trinajstić information content (AvgIpc) is 2.65. The number of nitrogens with zero attached hydrogens (tertiary/aromatic N) is 2. The van der Waals surface area contributed by atoms with E-state index >= 15 is 4.39 Å². The first kappa shape index (κ1) is 16.8. The first-order chi connectivity index (χ1) is 13.4. The standard InChI is InChI=1S/C24H27FN2O/c1-23(2)22(28)26(21-17-10-15-11-18(21)14-24(25,12-15)13-17)27(23)20-9-5-7-16-6-3-4-8-19(16)20/h3-9,15,17-18,21H,10-14H2,1-2H3/t15?,17-,18-,21?,24?/m0/s1. The number of rotatable bonds is 2. The number of halogens is 1. The molecule has 0 spiro atoms. The molecule has 2 aromatic carbocycles. The Kier molecular flexibility index (Phi) is 3.17. The molecule has 5 aliphatic rings. The number of carbonyl (C=O) groups is 1. The number of anilines is 1. The summed E-state index contributed by atoms with van der Waals surface area (Å²) in [6.07, 6.45) is 4.19. The predicted molar refractivity (Wildman–Crippen MR) is 109 cm³/mol. The van der Waals surface area contributed by atoms with Gasteiger partial charge in [0.25, 0.3) is 5.91 Å². The van der Waals surface area contributed by atoms with E-state index in [1.54, 1.807) is 0 Å². The van der Waals surface area contributed by atoms with E-state index in [-0.39, 0.29) is 11.9 Å². The number of amides is 1. The molecule has 1 saturated heterocycles. The highest BCUT2D eigenvalue weighted by Crippen LogP contribution is 2.60. The number of hydrazine groups is 1. The second-order valence-corrected chi connectivity index (χ2v) is 10.1. The molecule has 4 bridgehead atoms. The summed E-state index contributed by atoms with van der Waals surface area (Å²) in [5.74, 6) is 1.31. The Morgan fingerprint density at radius 3 is 2.36 bits per heavy atom. The zero-order chi connectivity index (χ0) is 19.3. The van der Waals surface area contributed by atoms with E-state index in [9.17, 15) is 4.79 Å². The molecule has 0 radical (unpaired) electrons. The Labute approximate surface area is 165 Å². The molecule has 2 aromatic rings. The van der Waals surface area contributed by atoms with E-state index in [1.165, 1.54) is 10.8 Å². The minimum Gasteiger partial charge on any atom is -0.270 e. The molecule has 5 fully saturated rings. The molecular formula is C24H27FN2O. The molecule has 4 heteroatoms. The minimum absolute atomic E-state index is 0.153. The maximum absolute atomic E-state index is 15.2. The second-order valence-electron chi connectivity index (χ2n) is 10.1. The van der Waals surface area contributed by atoms with Crippen LogP contribution in [-0.4, -0.2) is 28.2 Å². The van der Waals surface area contributed by atoms with E-state index in [0.29, 0.717) is 30.6 Å². The monoisotopic (exact) mass is 378 g/mol. The first-order valence-electron chi connectivity index (χ1n) is 10.7. The maximum atomic E-state index is 15.2. The highest BCUT2D eigenvalue weighted by Gasteiger charge is 2.64. The van der Waals surface area contributed by atoms with Gasteiger partial charge in [0.1, 0.15) is 11.2 Å². The molecule has 1 heterocycles. The van der Waals surface area contributed by atoms with E-state index < -0.39 is 11.2 Å². The van der Waals surface area contributed by atoms with Crippen molar-refractivity contribution in [1.82, 2.24) is 5.01 Å². The Morgan fingerprint density at radius 2 is 1.64 bits per heavy atom. The molecule has 146 valence electrons. The molecule has 0 aromatic heterocycles. The van der Waals surface area contributed by atoms with Crippen LogP contribution < -0.4 is 5.01 Å². The van der Waals surface area contributed by atoms with Crippen LogP contribution in [0.4, 0.5) is 10.1 Å². The van der Waals surface area contributed by atoms with Crippen molar-refractivity contribution < 1.29 is 9.18 Å². The lowest BCUT2D eigenvalue weighted by Gasteiger charge is -2.66. The molecule has 1 amide bonds. The van der Waals surface area contributed by atoms with Gasteiger partial charge in [-0.3, -0.25) is 9.80 Å². The van der Waals surface area contributed by atoms with Gasteiger partial charge in [-0.15, -0.1) is 0 Å². The van der Waals surface area contributed by atoms with Gasteiger partial charge < -0.3 is 0 Å². The number of benzene rings is 2. The van der Waals surface area contributed by atoms with E-state index in [0.717, 1.165) is 24.9 Å². The highest BCUT2D eigenvalue weighted by molar-refractivity contribution is 6.03. The van der Waals surface area contributed by atoms with Crippen molar-refractivity contribution >= 4 is 22.4 Å². The van der Waals surface area contributed by atoms with Gasteiger partial charge in [-0.25, -0.2) is 9.40 Å². The van der Waals surface area contributed by atoms with E-state index in [2.05, 4.69) is 47.5 Å². The van der Waals surface area contributed by atoms with Crippen LogP contribution >= 0.6 is 0 Å². The molecule has 3 nitrogen and oxygen atoms in total. The van der Waals surface area contributed by atoms with Gasteiger partial charge in [0.2, 0.25) is 0 Å². The summed E-state index contributed by atoms with van der Waals surface area (Å²) < 4.78 is 15.2. The first-order valence-corrected chi connectivity index (χ1v) is 10.7. The van der Waals surface area contributed by atoms with Crippen molar-refractivity contribution in [3.63, 3.8) is 0 Å². The number of hydrogen-bond acceptors (Lipinski definition) is 2. The Hall–Kier alpha value is -2.10. The molecule has 4 saturated carbocycles. The Bertz CT molecular complexity index is 964. The van der Waals surface area contributed by atoms with Crippen molar-refractivity contribution in [3.05, 3.63) is 42.5 Å². The van der Waals surface area contributed by atoms with Crippen LogP contribution in [-0.2, 0) is 4.79 Å². The summed E-state index contributed by atoms with van der Waals surface area (Å²) >= 11 is 0. The Balaban J connectivity index is 1.44. The summed E-state index contributed by atoms with van der Waals surface area (Å²) in [7, 11) is 0. The number of fused-ring (bicyclic) bond motifs is 1. The number of carbonyl (C=O) groups excluding carboxylic acids is 1. The predicted octanol–water partition coefficient (Wildman–Crippen LogP) is 5.10. The minimum atomic E-state index is -0.972. The van der Waals surface area contributed by atoms with Crippen molar-refractivity contribution in [1.29, 1.82) is 0 Å². The van der Waals surface area contributed by atoms with Crippen molar-refractivity contribution in [2.24, 2.45) is 17.8 Å². The largest absolute Gasteiger partial charge is 0.270 e. The summed E-state index contributed by atoms with van der Waals surface area (Å²) in [5.41, 5.74) is -0.446. The van der Waals surface area contributed by atoms with Gasteiger partial charge in [0.15, 0.2) is 0 Å². The average molecular weight is 378 g/mol. The molecule has 0 N–H and O–H groups in total. The topological polar surface area (TPSA) is 23.6 Å². The molecule has 2 atom stereocenters. The van der Waals surface area contributed by atoms with Crippen LogP contribution in [0.15, 0.2) is 42.5 Å². The fraction of sp³-hybridized carbons (Fsp3) is 0.542. The van der Waals surface area contributed by atoms with Crippen LogP contribution in [0.1, 0.15) is 46.0 Å². The molecule has 0 unspecified atom stereocenters. The Morgan fingerprint density at radius 1 is 0.964 bits per heavy atom.